The van der Waals surface area contributed by atoms with E-state index < -0.39 is 0 Å². The molecule has 0 aliphatic rings. The molecule has 1 atom stereocenters. The van der Waals surface area contributed by atoms with Crippen LogP contribution in [-0.4, -0.2) is 42.3 Å². The maximum absolute atomic E-state index is 8.99. The molecule has 0 radical (unpaired) electrons. The van der Waals surface area contributed by atoms with Crippen LogP contribution in [0.1, 0.15) is 40.5 Å². The molecule has 98 valence electrons. The van der Waals surface area contributed by atoms with Gasteiger partial charge in [0.25, 0.3) is 0 Å². The summed E-state index contributed by atoms with van der Waals surface area (Å²) in [6.45, 7) is 12.1. The maximum atomic E-state index is 8.99. The Morgan fingerprint density at radius 1 is 1.00 bits per heavy atom. The van der Waals surface area contributed by atoms with Gasteiger partial charge in [-0.15, -0.1) is 0 Å². The molecule has 0 saturated heterocycles. The van der Waals surface area contributed by atoms with Gasteiger partial charge in [0.15, 0.2) is 0 Å². The van der Waals surface area contributed by atoms with E-state index in [1.165, 1.54) is 12.8 Å². The Morgan fingerprint density at radius 2 is 1.44 bits per heavy atom. The Labute approximate surface area is 101 Å². The van der Waals surface area contributed by atoms with Gasteiger partial charge in [0.05, 0.1) is 6.61 Å². The minimum absolute atomic E-state index is 0.0832. The van der Waals surface area contributed by atoms with Crippen LogP contribution in [-0.2, 0) is 0 Å². The minimum Gasteiger partial charge on any atom is -0.395 e. The number of nitrogens with two attached hydrogens (primary N) is 1. The summed E-state index contributed by atoms with van der Waals surface area (Å²) >= 11 is 0. The molecule has 1 unspecified atom stereocenters. The molecule has 3 nitrogen and oxygen atoms in total. The first kappa shape index (κ1) is 15.9. The van der Waals surface area contributed by atoms with Crippen molar-refractivity contribution in [2.24, 2.45) is 17.6 Å². The van der Waals surface area contributed by atoms with Crippen LogP contribution < -0.4 is 5.73 Å². The molecule has 0 aromatic heterocycles. The summed E-state index contributed by atoms with van der Waals surface area (Å²) in [6.07, 6.45) is 2.41. The van der Waals surface area contributed by atoms with Gasteiger partial charge in [0.1, 0.15) is 0 Å². The van der Waals surface area contributed by atoms with Crippen molar-refractivity contribution in [2.45, 2.75) is 46.6 Å². The second-order valence-corrected chi connectivity index (χ2v) is 5.61. The zero-order valence-corrected chi connectivity index (χ0v) is 11.4. The van der Waals surface area contributed by atoms with Crippen LogP contribution in [0.2, 0.25) is 0 Å². The molecule has 16 heavy (non-hydrogen) atoms. The van der Waals surface area contributed by atoms with Crippen molar-refractivity contribution in [2.75, 3.05) is 26.2 Å². The highest BCUT2D eigenvalue weighted by atomic mass is 16.3. The van der Waals surface area contributed by atoms with E-state index in [2.05, 4.69) is 32.6 Å². The zero-order valence-electron chi connectivity index (χ0n) is 11.4. The molecule has 0 saturated carbocycles. The van der Waals surface area contributed by atoms with E-state index in [9.17, 15) is 0 Å². The second kappa shape index (κ2) is 8.97. The third-order valence-corrected chi connectivity index (χ3v) is 2.77. The molecule has 0 amide bonds. The average Bonchev–Trinajstić information content (AvgIpc) is 2.21. The molecule has 0 rings (SSSR count). The molecular formula is C13H30N2O. The lowest BCUT2D eigenvalue weighted by Gasteiger charge is -2.26. The van der Waals surface area contributed by atoms with Gasteiger partial charge in [-0.05, 0) is 37.8 Å². The van der Waals surface area contributed by atoms with Crippen molar-refractivity contribution < 1.29 is 5.11 Å². The molecule has 0 fully saturated rings. The van der Waals surface area contributed by atoms with Crippen molar-refractivity contribution >= 4 is 0 Å². The normalized spacial score (nSPS) is 14.1. The molecule has 0 heterocycles. The summed E-state index contributed by atoms with van der Waals surface area (Å²) in [5.74, 6) is 1.46. The lowest BCUT2D eigenvalue weighted by atomic mass is 10.1. The lowest BCUT2D eigenvalue weighted by Crippen LogP contribution is -2.41. The van der Waals surface area contributed by atoms with Crippen LogP contribution in [0.25, 0.3) is 0 Å². The quantitative estimate of drug-likeness (QED) is 0.634. The van der Waals surface area contributed by atoms with Gasteiger partial charge in [0.2, 0.25) is 0 Å². The van der Waals surface area contributed by atoms with Gasteiger partial charge in [-0.3, -0.25) is 0 Å². The SMILES string of the molecule is CC(C)CCN(CCC(C)C)CC(N)CO. The van der Waals surface area contributed by atoms with Crippen molar-refractivity contribution in [1.29, 1.82) is 0 Å². The standard InChI is InChI=1S/C13H30N2O/c1-11(2)5-7-15(8-6-12(3)4)9-13(14)10-16/h11-13,16H,5-10,14H2,1-4H3. The lowest BCUT2D eigenvalue weighted by molar-refractivity contribution is 0.189. The van der Waals surface area contributed by atoms with E-state index in [0.717, 1.165) is 31.5 Å². The maximum Gasteiger partial charge on any atom is 0.0595 e. The van der Waals surface area contributed by atoms with Crippen LogP contribution in [0.4, 0.5) is 0 Å². The molecule has 3 heteroatoms. The van der Waals surface area contributed by atoms with Gasteiger partial charge in [-0.1, -0.05) is 27.7 Å². The zero-order chi connectivity index (χ0) is 12.6. The Kier molecular flexibility index (Phi) is 8.90. The van der Waals surface area contributed by atoms with Gasteiger partial charge in [-0.25, -0.2) is 0 Å². The molecule has 3 N–H and O–H groups in total. The predicted molar refractivity (Wildman–Crippen MR) is 70.4 cm³/mol. The number of rotatable bonds is 9. The van der Waals surface area contributed by atoms with Crippen molar-refractivity contribution in [3.8, 4) is 0 Å². The van der Waals surface area contributed by atoms with Crippen molar-refractivity contribution in [3.63, 3.8) is 0 Å². The van der Waals surface area contributed by atoms with Crippen LogP contribution in [0, 0.1) is 11.8 Å². The second-order valence-electron chi connectivity index (χ2n) is 5.61. The number of nitrogens with zero attached hydrogens (tertiary/aromatic N) is 1. The van der Waals surface area contributed by atoms with Gasteiger partial charge in [0, 0.05) is 12.6 Å². The highest BCUT2D eigenvalue weighted by Gasteiger charge is 2.11. The fraction of sp³-hybridized carbons (Fsp3) is 1.00. The van der Waals surface area contributed by atoms with Gasteiger partial charge in [-0.2, -0.15) is 0 Å². The first-order chi connectivity index (χ1) is 7.45. The number of aliphatic hydroxyl groups is 1. The highest BCUT2D eigenvalue weighted by Crippen LogP contribution is 2.06. The van der Waals surface area contributed by atoms with Crippen molar-refractivity contribution in [1.82, 2.24) is 4.90 Å². The summed E-state index contributed by atoms with van der Waals surface area (Å²) in [5.41, 5.74) is 5.79. The first-order valence-corrected chi connectivity index (χ1v) is 6.54. The Bertz CT molecular complexity index is 148. The van der Waals surface area contributed by atoms with Crippen LogP contribution in [0.15, 0.2) is 0 Å². The topological polar surface area (TPSA) is 49.5 Å². The Hall–Kier alpha value is -0.120. The molecule has 0 spiro atoms. The smallest absolute Gasteiger partial charge is 0.0595 e. The van der Waals surface area contributed by atoms with Crippen LogP contribution in [0.5, 0.6) is 0 Å². The molecule has 0 aliphatic heterocycles. The largest absolute Gasteiger partial charge is 0.395 e. The molecule has 0 bridgehead atoms. The van der Waals surface area contributed by atoms with Crippen molar-refractivity contribution in [3.05, 3.63) is 0 Å². The summed E-state index contributed by atoms with van der Waals surface area (Å²) in [6, 6.07) is -0.0978. The summed E-state index contributed by atoms with van der Waals surface area (Å²) in [7, 11) is 0. The fourth-order valence-electron chi connectivity index (χ4n) is 1.57. The van der Waals surface area contributed by atoms with E-state index in [0.29, 0.717) is 0 Å². The molecule has 0 aliphatic carbocycles. The van der Waals surface area contributed by atoms with Crippen LogP contribution >= 0.6 is 0 Å². The fourth-order valence-corrected chi connectivity index (χ4v) is 1.57. The van der Waals surface area contributed by atoms with E-state index >= 15 is 0 Å². The third kappa shape index (κ3) is 9.13. The summed E-state index contributed by atoms with van der Waals surface area (Å²) in [4.78, 5) is 2.39. The van der Waals surface area contributed by atoms with E-state index in [1.807, 2.05) is 0 Å². The minimum atomic E-state index is -0.0978. The molecular weight excluding hydrogens is 200 g/mol. The van der Waals surface area contributed by atoms with Gasteiger partial charge < -0.3 is 15.7 Å². The van der Waals surface area contributed by atoms with Gasteiger partial charge >= 0.3 is 0 Å². The highest BCUT2D eigenvalue weighted by molar-refractivity contribution is 4.68. The molecule has 0 aromatic rings. The number of hydrogen-bond acceptors (Lipinski definition) is 3. The van der Waals surface area contributed by atoms with Crippen LogP contribution in [0.3, 0.4) is 0 Å². The number of hydrogen-bond donors (Lipinski definition) is 2. The average molecular weight is 230 g/mol. The monoisotopic (exact) mass is 230 g/mol. The van der Waals surface area contributed by atoms with E-state index in [-0.39, 0.29) is 12.6 Å². The van der Waals surface area contributed by atoms with E-state index in [1.54, 1.807) is 0 Å². The Morgan fingerprint density at radius 3 is 1.75 bits per heavy atom. The first-order valence-electron chi connectivity index (χ1n) is 6.54. The predicted octanol–water partition coefficient (Wildman–Crippen LogP) is 1.70. The number of aliphatic hydroxyl groups excluding tert-OH is 1. The third-order valence-electron chi connectivity index (χ3n) is 2.77. The summed E-state index contributed by atoms with van der Waals surface area (Å²) in [5, 5.41) is 8.99. The molecule has 0 aromatic carbocycles. The van der Waals surface area contributed by atoms with E-state index in [4.69, 9.17) is 10.8 Å². The summed E-state index contributed by atoms with van der Waals surface area (Å²) < 4.78 is 0. The Balaban J connectivity index is 3.94.